The van der Waals surface area contributed by atoms with Crippen LogP contribution in [-0.4, -0.2) is 54.7 Å². The van der Waals surface area contributed by atoms with Crippen LogP contribution in [0.4, 0.5) is 27.0 Å². The number of thioether (sulfide) groups is 1. The molecule has 0 aliphatic carbocycles. The highest BCUT2D eigenvalue weighted by Crippen LogP contribution is 2.32. The molecule has 0 unspecified atom stereocenters. The third kappa shape index (κ3) is 7.07. The van der Waals surface area contributed by atoms with Crippen molar-refractivity contribution in [3.63, 3.8) is 0 Å². The molecule has 1 aliphatic heterocycles. The van der Waals surface area contributed by atoms with Gasteiger partial charge in [-0.2, -0.15) is 0 Å². The standard InChI is InChI=1S/C27H30N6O3S3/c1-3-24-30-31-26(39-24)38-18-20-15-22(32-9-11-36-12-10-32)16-23(29-20)28-17-19-6-4-7-21(14-19)33(27(34)35-2)25-8-5-13-37-25/h4-8,13-16H,3,9-12,17-18H2,1-2H3,(H,28,29). The molecule has 204 valence electrons. The number of benzene rings is 1. The molecule has 0 saturated carbocycles. The lowest BCUT2D eigenvalue weighted by Crippen LogP contribution is -2.36. The molecule has 1 aromatic carbocycles. The van der Waals surface area contributed by atoms with Crippen molar-refractivity contribution in [2.45, 2.75) is 30.0 Å². The molecule has 12 heteroatoms. The van der Waals surface area contributed by atoms with Gasteiger partial charge in [0.25, 0.3) is 0 Å². The van der Waals surface area contributed by atoms with Gasteiger partial charge in [0.05, 0.1) is 31.7 Å². The molecule has 1 amide bonds. The number of thiophene rings is 1. The van der Waals surface area contributed by atoms with Gasteiger partial charge in [0, 0.05) is 37.1 Å². The van der Waals surface area contributed by atoms with Crippen LogP contribution in [0.3, 0.4) is 0 Å². The topological polar surface area (TPSA) is 92.7 Å². The monoisotopic (exact) mass is 582 g/mol. The van der Waals surface area contributed by atoms with Crippen LogP contribution in [0, 0.1) is 0 Å². The largest absolute Gasteiger partial charge is 0.452 e. The fraction of sp³-hybridized carbons (Fsp3) is 0.333. The van der Waals surface area contributed by atoms with Gasteiger partial charge in [0.2, 0.25) is 0 Å². The lowest BCUT2D eigenvalue weighted by molar-refractivity contribution is 0.122. The zero-order valence-corrected chi connectivity index (χ0v) is 24.3. The van der Waals surface area contributed by atoms with Crippen LogP contribution in [0.25, 0.3) is 0 Å². The minimum atomic E-state index is -0.425. The molecule has 0 atom stereocenters. The molecule has 4 heterocycles. The highest BCUT2D eigenvalue weighted by Gasteiger charge is 2.20. The number of morpholine rings is 1. The van der Waals surface area contributed by atoms with Crippen LogP contribution in [0.5, 0.6) is 0 Å². The lowest BCUT2D eigenvalue weighted by atomic mass is 10.2. The van der Waals surface area contributed by atoms with Gasteiger partial charge in [-0.25, -0.2) is 14.7 Å². The first-order chi connectivity index (χ1) is 19.1. The first kappa shape index (κ1) is 27.4. The van der Waals surface area contributed by atoms with Gasteiger partial charge in [-0.05, 0) is 47.7 Å². The van der Waals surface area contributed by atoms with Crippen LogP contribution in [0.15, 0.2) is 58.3 Å². The van der Waals surface area contributed by atoms with Gasteiger partial charge >= 0.3 is 6.09 Å². The maximum Gasteiger partial charge on any atom is 0.419 e. The zero-order valence-electron chi connectivity index (χ0n) is 21.8. The van der Waals surface area contributed by atoms with Crippen molar-refractivity contribution < 1.29 is 14.3 Å². The Morgan fingerprint density at radius 1 is 1.18 bits per heavy atom. The van der Waals surface area contributed by atoms with Crippen LogP contribution in [-0.2, 0) is 28.2 Å². The number of nitrogens with zero attached hydrogens (tertiary/aromatic N) is 5. The van der Waals surface area contributed by atoms with Crippen molar-refractivity contribution in [1.82, 2.24) is 15.2 Å². The summed E-state index contributed by atoms with van der Waals surface area (Å²) in [6.45, 7) is 5.77. The van der Waals surface area contributed by atoms with Crippen molar-refractivity contribution in [3.8, 4) is 0 Å². The molecule has 0 bridgehead atoms. The number of aromatic nitrogens is 3. The Kier molecular flexibility index (Phi) is 9.30. The molecule has 1 N–H and O–H groups in total. The van der Waals surface area contributed by atoms with E-state index in [-0.39, 0.29) is 0 Å². The predicted molar refractivity (Wildman–Crippen MR) is 159 cm³/mol. The molecule has 0 radical (unpaired) electrons. The number of ether oxygens (including phenoxy) is 2. The van der Waals surface area contributed by atoms with Gasteiger partial charge in [-0.1, -0.05) is 42.2 Å². The minimum absolute atomic E-state index is 0.425. The summed E-state index contributed by atoms with van der Waals surface area (Å²) in [6, 6.07) is 15.9. The van der Waals surface area contributed by atoms with E-state index in [0.29, 0.717) is 25.5 Å². The third-order valence-corrected chi connectivity index (χ3v) is 9.15. The fourth-order valence-electron chi connectivity index (χ4n) is 4.12. The van der Waals surface area contributed by atoms with E-state index in [1.165, 1.54) is 18.4 Å². The molecule has 39 heavy (non-hydrogen) atoms. The van der Waals surface area contributed by atoms with Gasteiger partial charge in [0.15, 0.2) is 4.34 Å². The average molecular weight is 583 g/mol. The number of rotatable bonds is 10. The average Bonchev–Trinajstić information content (AvgIpc) is 3.68. The Labute approximate surface area is 240 Å². The molecule has 3 aromatic heterocycles. The zero-order chi connectivity index (χ0) is 27.0. The molecule has 4 aromatic rings. The summed E-state index contributed by atoms with van der Waals surface area (Å²) in [5.41, 5.74) is 3.87. The maximum absolute atomic E-state index is 12.6. The van der Waals surface area contributed by atoms with E-state index in [1.807, 2.05) is 41.8 Å². The van der Waals surface area contributed by atoms with E-state index >= 15 is 0 Å². The molecular formula is C27H30N6O3S3. The quantitative estimate of drug-likeness (QED) is 0.219. The van der Waals surface area contributed by atoms with Crippen molar-refractivity contribution in [2.24, 2.45) is 0 Å². The van der Waals surface area contributed by atoms with E-state index in [4.69, 9.17) is 14.5 Å². The Balaban J connectivity index is 1.34. The molecular weight excluding hydrogens is 553 g/mol. The summed E-state index contributed by atoms with van der Waals surface area (Å²) in [7, 11) is 1.39. The summed E-state index contributed by atoms with van der Waals surface area (Å²) >= 11 is 4.78. The molecule has 1 saturated heterocycles. The number of amides is 1. The van der Waals surface area contributed by atoms with Crippen LogP contribution < -0.4 is 15.1 Å². The molecule has 5 rings (SSSR count). The normalized spacial score (nSPS) is 13.3. The van der Waals surface area contributed by atoms with E-state index in [0.717, 1.165) is 62.3 Å². The molecule has 1 fully saturated rings. The highest BCUT2D eigenvalue weighted by molar-refractivity contribution is 8.00. The van der Waals surface area contributed by atoms with E-state index in [2.05, 4.69) is 39.5 Å². The molecule has 1 aliphatic rings. The van der Waals surface area contributed by atoms with E-state index in [9.17, 15) is 4.79 Å². The number of nitrogens with one attached hydrogen (secondary N) is 1. The van der Waals surface area contributed by atoms with E-state index < -0.39 is 6.09 Å². The SMILES string of the molecule is CCc1nnc(SCc2cc(N3CCOCC3)cc(NCc3cccc(N(C(=O)OC)c4cccs4)c3)n2)s1. The first-order valence-electron chi connectivity index (χ1n) is 12.7. The lowest BCUT2D eigenvalue weighted by Gasteiger charge is -2.29. The summed E-state index contributed by atoms with van der Waals surface area (Å²) in [4.78, 5) is 21.4. The van der Waals surface area contributed by atoms with Gasteiger partial charge in [0.1, 0.15) is 15.8 Å². The number of anilines is 4. The number of carbonyl (C=O) groups excluding carboxylic acids is 1. The number of aryl methyl sites for hydroxylation is 1. The number of pyridine rings is 1. The van der Waals surface area contributed by atoms with Gasteiger partial charge in [-0.15, -0.1) is 21.5 Å². The summed E-state index contributed by atoms with van der Waals surface area (Å²) in [6.07, 6.45) is 0.467. The van der Waals surface area contributed by atoms with Crippen molar-refractivity contribution in [3.05, 3.63) is 70.2 Å². The van der Waals surface area contributed by atoms with Crippen molar-refractivity contribution in [1.29, 1.82) is 0 Å². The second kappa shape index (κ2) is 13.2. The van der Waals surface area contributed by atoms with Gasteiger partial charge < -0.3 is 19.7 Å². The Hall–Kier alpha value is -3.19. The van der Waals surface area contributed by atoms with Crippen LogP contribution in [0.1, 0.15) is 23.2 Å². The highest BCUT2D eigenvalue weighted by atomic mass is 32.2. The summed E-state index contributed by atoms with van der Waals surface area (Å²) in [5.74, 6) is 1.50. The molecule has 9 nitrogen and oxygen atoms in total. The Bertz CT molecular complexity index is 1370. The van der Waals surface area contributed by atoms with Gasteiger partial charge in [-0.3, -0.25) is 0 Å². The minimum Gasteiger partial charge on any atom is -0.452 e. The fourth-order valence-corrected chi connectivity index (χ4v) is 6.59. The summed E-state index contributed by atoms with van der Waals surface area (Å²) < 4.78 is 11.6. The number of carbonyl (C=O) groups is 1. The summed E-state index contributed by atoms with van der Waals surface area (Å²) in [5, 5.41) is 15.8. The van der Waals surface area contributed by atoms with E-state index in [1.54, 1.807) is 28.0 Å². The predicted octanol–water partition coefficient (Wildman–Crippen LogP) is 6.20. The van der Waals surface area contributed by atoms with Crippen molar-refractivity contribution >= 4 is 62.7 Å². The number of methoxy groups -OCH3 is 1. The van der Waals surface area contributed by atoms with Crippen molar-refractivity contribution in [2.75, 3.05) is 48.5 Å². The van der Waals surface area contributed by atoms with Crippen LogP contribution in [0.2, 0.25) is 0 Å². The second-order valence-electron chi connectivity index (χ2n) is 8.69. The Morgan fingerprint density at radius 2 is 2.05 bits per heavy atom. The van der Waals surface area contributed by atoms with Crippen LogP contribution >= 0.6 is 34.4 Å². The third-order valence-electron chi connectivity index (χ3n) is 6.06. The number of hydrogen-bond acceptors (Lipinski definition) is 11. The first-order valence-corrected chi connectivity index (χ1v) is 15.3. The number of hydrogen-bond donors (Lipinski definition) is 1. The Morgan fingerprint density at radius 3 is 2.79 bits per heavy atom. The smallest absolute Gasteiger partial charge is 0.419 e. The molecule has 0 spiro atoms. The second-order valence-corrected chi connectivity index (χ2v) is 11.9. The maximum atomic E-state index is 12.6.